The van der Waals surface area contributed by atoms with E-state index in [2.05, 4.69) is 27.2 Å². The average Bonchev–Trinajstić information content (AvgIpc) is 3.39. The van der Waals surface area contributed by atoms with Crippen molar-refractivity contribution in [3.63, 3.8) is 0 Å². The molecule has 1 aliphatic rings. The number of H-pyrrole nitrogens is 1. The first-order valence-electron chi connectivity index (χ1n) is 9.87. The van der Waals surface area contributed by atoms with Gasteiger partial charge in [0.2, 0.25) is 0 Å². The summed E-state index contributed by atoms with van der Waals surface area (Å²) < 4.78 is 34.5. The molecule has 0 saturated carbocycles. The van der Waals surface area contributed by atoms with Gasteiger partial charge >= 0.3 is 0 Å². The summed E-state index contributed by atoms with van der Waals surface area (Å²) in [5.41, 5.74) is 1.04. The highest BCUT2D eigenvalue weighted by molar-refractivity contribution is 5.82. The van der Waals surface area contributed by atoms with Crippen molar-refractivity contribution < 1.29 is 13.5 Å². The molecule has 2 aromatic carbocycles. The summed E-state index contributed by atoms with van der Waals surface area (Å²) >= 11 is 0. The third-order valence-electron chi connectivity index (χ3n) is 5.41. The Hall–Kier alpha value is -3.59. The molecule has 1 fully saturated rings. The second kappa shape index (κ2) is 7.59. The molecule has 3 heterocycles. The zero-order valence-electron chi connectivity index (χ0n) is 16.7. The van der Waals surface area contributed by atoms with Crippen LogP contribution in [0.1, 0.15) is 6.42 Å². The summed E-state index contributed by atoms with van der Waals surface area (Å²) in [6.45, 7) is 1.94. The first kappa shape index (κ1) is 19.4. The van der Waals surface area contributed by atoms with E-state index in [0.717, 1.165) is 43.1 Å². The number of nitrogens with zero attached hydrogens (tertiary/aromatic N) is 4. The molecule has 1 aliphatic heterocycles. The van der Waals surface area contributed by atoms with Crippen LogP contribution in [0.5, 0.6) is 5.75 Å². The third kappa shape index (κ3) is 3.79. The molecule has 158 valence electrons. The predicted molar refractivity (Wildman–Crippen MR) is 111 cm³/mol. The van der Waals surface area contributed by atoms with Gasteiger partial charge in [0.15, 0.2) is 11.6 Å². The van der Waals surface area contributed by atoms with Gasteiger partial charge in [-0.05, 0) is 49.9 Å². The zero-order chi connectivity index (χ0) is 21.5. The molecular weight excluding hydrogens is 404 g/mol. The van der Waals surface area contributed by atoms with Crippen molar-refractivity contribution in [2.75, 3.05) is 20.1 Å². The quantitative estimate of drug-likeness (QED) is 0.546. The van der Waals surface area contributed by atoms with E-state index >= 15 is 0 Å². The highest BCUT2D eigenvalue weighted by Crippen LogP contribution is 2.23. The maximum atomic E-state index is 13.6. The summed E-state index contributed by atoms with van der Waals surface area (Å²) in [5, 5.41) is 8.53. The predicted octanol–water partition coefficient (Wildman–Crippen LogP) is 3.14. The van der Waals surface area contributed by atoms with E-state index in [0.29, 0.717) is 11.1 Å². The van der Waals surface area contributed by atoms with Crippen LogP contribution < -0.4 is 10.3 Å². The number of rotatable bonds is 4. The lowest BCUT2D eigenvalue weighted by Gasteiger charge is -2.14. The summed E-state index contributed by atoms with van der Waals surface area (Å²) in [7, 11) is 2.07. The van der Waals surface area contributed by atoms with E-state index in [1.54, 1.807) is 6.20 Å². The van der Waals surface area contributed by atoms with E-state index in [9.17, 15) is 13.6 Å². The van der Waals surface area contributed by atoms with Crippen LogP contribution in [0, 0.1) is 11.6 Å². The number of likely N-dealkylation sites (N-methyl/N-ethyl adjacent to an activating group) is 1. The normalized spacial score (nSPS) is 16.8. The van der Waals surface area contributed by atoms with Crippen LogP contribution in [0.25, 0.3) is 27.8 Å². The smallest absolute Gasteiger partial charge is 0.258 e. The number of likely N-dealkylation sites (tertiary alicyclic amines) is 1. The Bertz CT molecular complexity index is 1320. The first-order valence-corrected chi connectivity index (χ1v) is 9.87. The summed E-state index contributed by atoms with van der Waals surface area (Å²) in [5.74, 6) is -1.22. The molecule has 1 atom stereocenters. The van der Waals surface area contributed by atoms with Gasteiger partial charge in [-0.15, -0.1) is 5.10 Å². The first-order chi connectivity index (χ1) is 15.0. The topological polar surface area (TPSA) is 76.0 Å². The fraction of sp³-hybridized carbons (Fsp3) is 0.227. The molecule has 7 nitrogen and oxygen atoms in total. The van der Waals surface area contributed by atoms with E-state index in [-0.39, 0.29) is 17.2 Å². The Labute approximate surface area is 175 Å². The number of pyridine rings is 1. The maximum Gasteiger partial charge on any atom is 0.258 e. The van der Waals surface area contributed by atoms with Gasteiger partial charge < -0.3 is 14.6 Å². The number of benzene rings is 2. The second-order valence-electron chi connectivity index (χ2n) is 7.70. The van der Waals surface area contributed by atoms with Crippen molar-refractivity contribution in [2.45, 2.75) is 12.5 Å². The number of nitrogens with one attached hydrogen (secondary N) is 1. The van der Waals surface area contributed by atoms with Gasteiger partial charge in [0, 0.05) is 24.5 Å². The monoisotopic (exact) mass is 423 g/mol. The van der Waals surface area contributed by atoms with Crippen molar-refractivity contribution >= 4 is 10.9 Å². The molecule has 0 bridgehead atoms. The van der Waals surface area contributed by atoms with Crippen LogP contribution >= 0.6 is 0 Å². The van der Waals surface area contributed by atoms with Crippen LogP contribution in [0.3, 0.4) is 0 Å². The molecule has 5 rings (SSSR count). The van der Waals surface area contributed by atoms with Crippen molar-refractivity contribution in [1.29, 1.82) is 0 Å². The Balaban J connectivity index is 1.40. The lowest BCUT2D eigenvalue weighted by Crippen LogP contribution is -2.21. The highest BCUT2D eigenvalue weighted by atomic mass is 19.2. The Morgan fingerprint density at radius 3 is 2.65 bits per heavy atom. The molecule has 1 saturated heterocycles. The maximum absolute atomic E-state index is 13.6. The van der Waals surface area contributed by atoms with Gasteiger partial charge in [-0.3, -0.25) is 4.79 Å². The van der Waals surface area contributed by atoms with Crippen LogP contribution in [-0.4, -0.2) is 51.1 Å². The van der Waals surface area contributed by atoms with Crippen LogP contribution in [0.4, 0.5) is 8.78 Å². The number of aromatic amines is 1. The molecule has 0 radical (unpaired) electrons. The Morgan fingerprint density at radius 1 is 1.13 bits per heavy atom. The lowest BCUT2D eigenvalue weighted by atomic mass is 10.1. The minimum Gasteiger partial charge on any atom is -0.489 e. The van der Waals surface area contributed by atoms with Crippen molar-refractivity contribution in [3.8, 4) is 22.7 Å². The van der Waals surface area contributed by atoms with Gasteiger partial charge in [-0.25, -0.2) is 13.5 Å². The van der Waals surface area contributed by atoms with Crippen molar-refractivity contribution in [1.82, 2.24) is 24.9 Å². The zero-order valence-corrected chi connectivity index (χ0v) is 16.7. The number of hydrogen-bond acceptors (Lipinski definition) is 5. The van der Waals surface area contributed by atoms with Crippen molar-refractivity contribution in [2.24, 2.45) is 0 Å². The molecule has 9 heteroatoms. The largest absolute Gasteiger partial charge is 0.489 e. The van der Waals surface area contributed by atoms with E-state index in [1.165, 1.54) is 10.7 Å². The van der Waals surface area contributed by atoms with Crippen LogP contribution in [0.15, 0.2) is 53.5 Å². The fourth-order valence-electron chi connectivity index (χ4n) is 3.76. The molecule has 0 aliphatic carbocycles. The number of aromatic nitrogens is 4. The number of hydrogen-bond donors (Lipinski definition) is 1. The van der Waals surface area contributed by atoms with E-state index in [4.69, 9.17) is 4.74 Å². The molecule has 0 amide bonds. The van der Waals surface area contributed by atoms with Gasteiger partial charge in [-0.1, -0.05) is 5.21 Å². The second-order valence-corrected chi connectivity index (χ2v) is 7.70. The summed E-state index contributed by atoms with van der Waals surface area (Å²) in [6, 6.07) is 10.9. The van der Waals surface area contributed by atoms with Crippen LogP contribution in [-0.2, 0) is 0 Å². The number of fused-ring (bicyclic) bond motifs is 1. The molecule has 1 N–H and O–H groups in total. The third-order valence-corrected chi connectivity index (χ3v) is 5.41. The van der Waals surface area contributed by atoms with Gasteiger partial charge in [0.25, 0.3) is 5.56 Å². The molecule has 0 spiro atoms. The lowest BCUT2D eigenvalue weighted by molar-refractivity contribution is 0.208. The molecule has 1 unspecified atom stereocenters. The minimum absolute atomic E-state index is 0.187. The molecule has 2 aromatic heterocycles. The van der Waals surface area contributed by atoms with Gasteiger partial charge in [0.1, 0.15) is 17.5 Å². The summed E-state index contributed by atoms with van der Waals surface area (Å²) in [4.78, 5) is 17.2. The minimum atomic E-state index is -1.02. The number of halogens is 2. The van der Waals surface area contributed by atoms with E-state index < -0.39 is 17.2 Å². The van der Waals surface area contributed by atoms with Gasteiger partial charge in [-0.2, -0.15) is 0 Å². The summed E-state index contributed by atoms with van der Waals surface area (Å²) in [6.07, 6.45) is 2.80. The van der Waals surface area contributed by atoms with E-state index in [1.807, 2.05) is 24.3 Å². The molecular formula is C22H19F2N5O2. The standard InChI is InChI=1S/C22H19F2N5O2/c1-28-7-6-16(11-28)31-15-4-2-14(3-5-15)29-12-21(26-27-29)17-8-13-9-18(23)19(24)10-20(13)25-22(17)30/h2-5,8-10,12,16H,6-7,11H2,1H3,(H,25,30). The Kier molecular flexibility index (Phi) is 4.74. The molecule has 4 aromatic rings. The Morgan fingerprint density at radius 2 is 1.90 bits per heavy atom. The average molecular weight is 423 g/mol. The highest BCUT2D eigenvalue weighted by Gasteiger charge is 2.21. The van der Waals surface area contributed by atoms with Gasteiger partial charge in [0.05, 0.1) is 23.0 Å². The number of ether oxygens (including phenoxy) is 1. The SMILES string of the molecule is CN1CCC(Oc2ccc(-n3cc(-c4cc5cc(F)c(F)cc5[nH]c4=O)nn3)cc2)C1. The van der Waals surface area contributed by atoms with Crippen LogP contribution in [0.2, 0.25) is 0 Å². The van der Waals surface area contributed by atoms with Crippen molar-refractivity contribution in [3.05, 3.63) is 70.6 Å². The molecule has 31 heavy (non-hydrogen) atoms. The fourth-order valence-corrected chi connectivity index (χ4v) is 3.76.